The normalized spacial score (nSPS) is 19.9. The van der Waals surface area contributed by atoms with Crippen LogP contribution in [0.3, 0.4) is 0 Å². The van der Waals surface area contributed by atoms with E-state index >= 15 is 0 Å². The summed E-state index contributed by atoms with van der Waals surface area (Å²) in [6.45, 7) is 8.44. The van der Waals surface area contributed by atoms with E-state index in [1.807, 2.05) is 0 Å². The molecule has 0 saturated carbocycles. The number of rotatable bonds is 1. The molecule has 0 aromatic carbocycles. The lowest BCUT2D eigenvalue weighted by Gasteiger charge is -2.33. The van der Waals surface area contributed by atoms with Crippen molar-refractivity contribution < 1.29 is 4.79 Å². The maximum atomic E-state index is 11.0. The quantitative estimate of drug-likeness (QED) is 0.833. The molecule has 1 atom stereocenters. The summed E-state index contributed by atoms with van der Waals surface area (Å²) in [4.78, 5) is 16.9. The van der Waals surface area contributed by atoms with Crippen LogP contribution in [0.5, 0.6) is 0 Å². The zero-order valence-electron chi connectivity index (χ0n) is 11.0. The Balaban J connectivity index is 2.15. The van der Waals surface area contributed by atoms with E-state index < -0.39 is 0 Å². The largest absolute Gasteiger partial charge is 0.302 e. The number of carbonyl (C=O) groups is 1. The predicted molar refractivity (Wildman–Crippen MR) is 71.4 cm³/mol. The number of amides is 1. The number of thiazole rings is 1. The Hall–Kier alpha value is -0.900. The van der Waals surface area contributed by atoms with Crippen molar-refractivity contribution in [3.05, 3.63) is 10.6 Å². The number of hydrogen-bond acceptors (Lipinski definition) is 3. The summed E-state index contributed by atoms with van der Waals surface area (Å²) in [5.74, 6) is 0.684. The molecule has 3 nitrogen and oxygen atoms in total. The van der Waals surface area contributed by atoms with Crippen LogP contribution in [-0.4, -0.2) is 10.9 Å². The minimum absolute atomic E-state index is 0.0385. The molecule has 1 aromatic heterocycles. The first-order valence-corrected chi connectivity index (χ1v) is 6.94. The highest BCUT2D eigenvalue weighted by molar-refractivity contribution is 7.15. The number of nitrogens with zero attached hydrogens (tertiary/aromatic N) is 1. The second-order valence-electron chi connectivity index (χ2n) is 5.88. The Kier molecular flexibility index (Phi) is 3.25. The first-order chi connectivity index (χ1) is 7.86. The van der Waals surface area contributed by atoms with Gasteiger partial charge in [0.1, 0.15) is 0 Å². The average Bonchev–Trinajstić information content (AvgIpc) is 2.55. The molecular weight excluding hydrogens is 232 g/mol. The molecule has 17 heavy (non-hydrogen) atoms. The fourth-order valence-corrected chi connectivity index (χ4v) is 3.45. The van der Waals surface area contributed by atoms with E-state index in [1.54, 1.807) is 11.3 Å². The van der Waals surface area contributed by atoms with E-state index in [0.29, 0.717) is 5.41 Å². The van der Waals surface area contributed by atoms with Gasteiger partial charge < -0.3 is 5.32 Å². The number of anilines is 1. The molecule has 1 aliphatic carbocycles. The van der Waals surface area contributed by atoms with Crippen molar-refractivity contribution in [2.24, 2.45) is 11.3 Å². The zero-order valence-corrected chi connectivity index (χ0v) is 11.8. The van der Waals surface area contributed by atoms with Crippen molar-refractivity contribution in [1.82, 2.24) is 4.98 Å². The number of aromatic nitrogens is 1. The van der Waals surface area contributed by atoms with Gasteiger partial charge in [0.25, 0.3) is 0 Å². The highest BCUT2D eigenvalue weighted by atomic mass is 32.1. The van der Waals surface area contributed by atoms with Gasteiger partial charge in [-0.3, -0.25) is 4.79 Å². The Labute approximate surface area is 107 Å². The Morgan fingerprint density at radius 2 is 2.18 bits per heavy atom. The second-order valence-corrected chi connectivity index (χ2v) is 6.96. The van der Waals surface area contributed by atoms with Gasteiger partial charge in [0, 0.05) is 11.8 Å². The lowest BCUT2D eigenvalue weighted by molar-refractivity contribution is -0.114. The minimum Gasteiger partial charge on any atom is -0.302 e. The summed E-state index contributed by atoms with van der Waals surface area (Å²) < 4.78 is 0. The first kappa shape index (κ1) is 12.6. The van der Waals surface area contributed by atoms with Crippen LogP contribution in [0.25, 0.3) is 0 Å². The van der Waals surface area contributed by atoms with Gasteiger partial charge in [-0.2, -0.15) is 0 Å². The average molecular weight is 252 g/mol. The van der Waals surface area contributed by atoms with E-state index in [-0.39, 0.29) is 5.91 Å². The molecule has 1 aliphatic rings. The summed E-state index contributed by atoms with van der Waals surface area (Å²) >= 11 is 1.64. The summed E-state index contributed by atoms with van der Waals surface area (Å²) in [6.07, 6.45) is 3.36. The monoisotopic (exact) mass is 252 g/mol. The fraction of sp³-hybridized carbons (Fsp3) is 0.692. The first-order valence-electron chi connectivity index (χ1n) is 6.12. The number of carbonyl (C=O) groups excluding carboxylic acids is 1. The third-order valence-electron chi connectivity index (χ3n) is 3.45. The van der Waals surface area contributed by atoms with Gasteiger partial charge >= 0.3 is 0 Å². The lowest BCUT2D eigenvalue weighted by Crippen LogP contribution is -2.26. The van der Waals surface area contributed by atoms with Gasteiger partial charge in [0.05, 0.1) is 5.69 Å². The van der Waals surface area contributed by atoms with Crippen LogP contribution < -0.4 is 5.32 Å². The molecule has 2 rings (SSSR count). The smallest absolute Gasteiger partial charge is 0.223 e. The van der Waals surface area contributed by atoms with Crippen molar-refractivity contribution in [3.63, 3.8) is 0 Å². The van der Waals surface area contributed by atoms with Crippen LogP contribution in [0.4, 0.5) is 5.13 Å². The molecule has 0 spiro atoms. The molecule has 1 N–H and O–H groups in total. The Morgan fingerprint density at radius 3 is 2.76 bits per heavy atom. The van der Waals surface area contributed by atoms with Crippen LogP contribution in [-0.2, 0) is 17.6 Å². The van der Waals surface area contributed by atoms with Crippen LogP contribution in [0.1, 0.15) is 44.7 Å². The van der Waals surface area contributed by atoms with E-state index in [9.17, 15) is 4.79 Å². The van der Waals surface area contributed by atoms with Crippen molar-refractivity contribution in [2.45, 2.75) is 47.0 Å². The van der Waals surface area contributed by atoms with Crippen molar-refractivity contribution in [1.29, 1.82) is 0 Å². The number of aryl methyl sites for hydroxylation is 1. The Morgan fingerprint density at radius 1 is 1.47 bits per heavy atom. The van der Waals surface area contributed by atoms with Gasteiger partial charge in [-0.15, -0.1) is 11.3 Å². The van der Waals surface area contributed by atoms with Crippen LogP contribution >= 0.6 is 11.3 Å². The molecule has 1 amide bonds. The van der Waals surface area contributed by atoms with Gasteiger partial charge in [0.15, 0.2) is 5.13 Å². The molecule has 0 aliphatic heterocycles. The minimum atomic E-state index is -0.0385. The highest BCUT2D eigenvalue weighted by Crippen LogP contribution is 2.39. The van der Waals surface area contributed by atoms with Crippen LogP contribution in [0.15, 0.2) is 0 Å². The lowest BCUT2D eigenvalue weighted by atomic mass is 9.73. The van der Waals surface area contributed by atoms with Crippen molar-refractivity contribution >= 4 is 22.4 Å². The molecule has 0 radical (unpaired) electrons. The topological polar surface area (TPSA) is 42.0 Å². The number of hydrogen-bond donors (Lipinski definition) is 1. The van der Waals surface area contributed by atoms with E-state index in [2.05, 4.69) is 31.1 Å². The van der Waals surface area contributed by atoms with Crippen molar-refractivity contribution in [3.8, 4) is 0 Å². The van der Waals surface area contributed by atoms with Gasteiger partial charge in [-0.25, -0.2) is 4.98 Å². The summed E-state index contributed by atoms with van der Waals surface area (Å²) in [6, 6.07) is 0. The number of nitrogens with one attached hydrogen (secondary N) is 1. The van der Waals surface area contributed by atoms with Gasteiger partial charge in [-0.1, -0.05) is 20.8 Å². The predicted octanol–water partition coefficient (Wildman–Crippen LogP) is 3.25. The highest BCUT2D eigenvalue weighted by Gasteiger charge is 2.30. The summed E-state index contributed by atoms with van der Waals surface area (Å²) in [5.41, 5.74) is 1.55. The van der Waals surface area contributed by atoms with Gasteiger partial charge in [0.2, 0.25) is 5.91 Å². The van der Waals surface area contributed by atoms with E-state index in [4.69, 9.17) is 0 Å². The standard InChI is InChI=1S/C13H20N2OS/c1-8(16)14-12-15-10-6-5-9(13(2,3)4)7-11(10)17-12/h9H,5-7H2,1-4H3,(H,14,15,16)/t9-/m1/s1. The molecule has 0 unspecified atom stereocenters. The molecule has 1 aromatic rings. The van der Waals surface area contributed by atoms with E-state index in [1.165, 1.54) is 23.9 Å². The van der Waals surface area contributed by atoms with Crippen molar-refractivity contribution in [2.75, 3.05) is 5.32 Å². The second kappa shape index (κ2) is 4.41. The SMILES string of the molecule is CC(=O)Nc1nc2c(s1)C[C@H](C(C)(C)C)CC2. The molecular formula is C13H20N2OS. The number of fused-ring (bicyclic) bond motifs is 1. The third kappa shape index (κ3) is 2.86. The molecule has 0 fully saturated rings. The fourth-order valence-electron chi connectivity index (χ4n) is 2.32. The van der Waals surface area contributed by atoms with E-state index in [0.717, 1.165) is 23.9 Å². The molecule has 1 heterocycles. The maximum Gasteiger partial charge on any atom is 0.223 e. The van der Waals surface area contributed by atoms with Crippen LogP contribution in [0.2, 0.25) is 0 Å². The molecule has 0 bridgehead atoms. The summed E-state index contributed by atoms with van der Waals surface area (Å²) in [7, 11) is 0. The summed E-state index contributed by atoms with van der Waals surface area (Å²) in [5, 5.41) is 3.55. The maximum absolute atomic E-state index is 11.0. The molecule has 0 saturated heterocycles. The molecule has 94 valence electrons. The van der Waals surface area contributed by atoms with Crippen LogP contribution in [0, 0.1) is 11.3 Å². The zero-order chi connectivity index (χ0) is 12.6. The van der Waals surface area contributed by atoms with Gasteiger partial charge in [-0.05, 0) is 30.6 Å². The third-order valence-corrected chi connectivity index (χ3v) is 4.48. The Bertz CT molecular complexity index is 431. The molecule has 4 heteroatoms.